The number of hydrogen-bond acceptors (Lipinski definition) is 5. The topological polar surface area (TPSA) is 76.1 Å². The molecule has 130 valence electrons. The van der Waals surface area contributed by atoms with Crippen molar-refractivity contribution in [1.82, 2.24) is 10.3 Å². The molecule has 0 bridgehead atoms. The molecule has 0 spiro atoms. The number of amides is 1. The van der Waals surface area contributed by atoms with Gasteiger partial charge >= 0.3 is 0 Å². The molecule has 1 N–H and O–H groups in total. The average molecular weight is 367 g/mol. The number of nitrogens with zero attached hydrogens (tertiary/aromatic N) is 1. The Kier molecular flexibility index (Phi) is 6.51. The zero-order valence-electron chi connectivity index (χ0n) is 13.9. The molecule has 0 saturated heterocycles. The molecule has 2 aromatic rings. The van der Waals surface area contributed by atoms with Gasteiger partial charge in [-0.1, -0.05) is 32.0 Å². The maximum absolute atomic E-state index is 12.1. The highest BCUT2D eigenvalue weighted by Crippen LogP contribution is 2.19. The number of thiazole rings is 1. The standard InChI is InChI=1S/C17H22N2O3S2/c1-13(2)17-19-14(12-23-17)8-10-18-16(20)9-11-24(21,22)15-6-4-3-5-7-15/h3-7,12-13H,8-11H2,1-2H3,(H,18,20). The molecule has 0 radical (unpaired) electrons. The van der Waals surface area contributed by atoms with E-state index in [1.807, 2.05) is 5.38 Å². The Labute approximate surface area is 147 Å². The summed E-state index contributed by atoms with van der Waals surface area (Å²) in [5.74, 6) is -0.0350. The number of rotatable bonds is 8. The van der Waals surface area contributed by atoms with Gasteiger partial charge in [0.25, 0.3) is 0 Å². The molecule has 1 aromatic carbocycles. The molecule has 1 aromatic heterocycles. The molecule has 0 aliphatic rings. The van der Waals surface area contributed by atoms with Crippen LogP contribution in [0.15, 0.2) is 40.6 Å². The third kappa shape index (κ3) is 5.42. The molecule has 2 rings (SSSR count). The van der Waals surface area contributed by atoms with Gasteiger partial charge in [0.1, 0.15) is 0 Å². The molecular weight excluding hydrogens is 344 g/mol. The first-order valence-corrected chi connectivity index (χ1v) is 10.4. The van der Waals surface area contributed by atoms with Crippen LogP contribution in [-0.4, -0.2) is 31.6 Å². The first-order valence-electron chi connectivity index (χ1n) is 7.87. The lowest BCUT2D eigenvalue weighted by Crippen LogP contribution is -2.27. The predicted octanol–water partition coefficient (Wildman–Crippen LogP) is 2.79. The van der Waals surface area contributed by atoms with Crippen molar-refractivity contribution in [2.45, 2.75) is 37.5 Å². The minimum Gasteiger partial charge on any atom is -0.356 e. The van der Waals surface area contributed by atoms with Crippen LogP contribution >= 0.6 is 11.3 Å². The third-order valence-electron chi connectivity index (χ3n) is 3.47. The Balaban J connectivity index is 1.75. The lowest BCUT2D eigenvalue weighted by molar-refractivity contribution is -0.120. The van der Waals surface area contributed by atoms with Crippen molar-refractivity contribution in [2.75, 3.05) is 12.3 Å². The second-order valence-electron chi connectivity index (χ2n) is 5.81. The maximum atomic E-state index is 12.1. The van der Waals surface area contributed by atoms with Gasteiger partial charge in [-0.3, -0.25) is 4.79 Å². The van der Waals surface area contributed by atoms with Gasteiger partial charge < -0.3 is 5.32 Å². The summed E-state index contributed by atoms with van der Waals surface area (Å²) in [6.45, 7) is 4.65. The highest BCUT2D eigenvalue weighted by Gasteiger charge is 2.16. The summed E-state index contributed by atoms with van der Waals surface area (Å²) in [5.41, 5.74) is 0.959. The normalized spacial score (nSPS) is 11.6. The van der Waals surface area contributed by atoms with Crippen molar-refractivity contribution >= 4 is 27.1 Å². The van der Waals surface area contributed by atoms with Crippen LogP contribution < -0.4 is 5.32 Å². The van der Waals surface area contributed by atoms with E-state index >= 15 is 0 Å². The number of sulfone groups is 1. The summed E-state index contributed by atoms with van der Waals surface area (Å²) >= 11 is 1.62. The van der Waals surface area contributed by atoms with Crippen LogP contribution in [0.25, 0.3) is 0 Å². The first-order chi connectivity index (χ1) is 11.4. The Morgan fingerprint density at radius 1 is 1.25 bits per heavy atom. The zero-order valence-corrected chi connectivity index (χ0v) is 15.5. The number of benzene rings is 1. The number of carbonyl (C=O) groups excluding carboxylic acids is 1. The van der Waals surface area contributed by atoms with Gasteiger partial charge in [0, 0.05) is 30.7 Å². The largest absolute Gasteiger partial charge is 0.356 e. The van der Waals surface area contributed by atoms with Crippen molar-refractivity contribution in [2.24, 2.45) is 0 Å². The molecule has 0 atom stereocenters. The van der Waals surface area contributed by atoms with E-state index in [2.05, 4.69) is 24.1 Å². The van der Waals surface area contributed by atoms with Gasteiger partial charge in [-0.2, -0.15) is 0 Å². The summed E-state index contributed by atoms with van der Waals surface area (Å²) in [6, 6.07) is 8.19. The zero-order chi connectivity index (χ0) is 17.6. The van der Waals surface area contributed by atoms with E-state index in [-0.39, 0.29) is 23.0 Å². The number of aromatic nitrogens is 1. The predicted molar refractivity (Wildman–Crippen MR) is 96.0 cm³/mol. The lowest BCUT2D eigenvalue weighted by atomic mass is 10.2. The number of carbonyl (C=O) groups is 1. The molecule has 1 amide bonds. The van der Waals surface area contributed by atoms with Gasteiger partial charge in [-0.15, -0.1) is 11.3 Å². The van der Waals surface area contributed by atoms with Crippen LogP contribution in [0.3, 0.4) is 0 Å². The smallest absolute Gasteiger partial charge is 0.221 e. The average Bonchev–Trinajstić information content (AvgIpc) is 3.03. The Morgan fingerprint density at radius 3 is 2.58 bits per heavy atom. The van der Waals surface area contributed by atoms with Crippen LogP contribution in [0.5, 0.6) is 0 Å². The maximum Gasteiger partial charge on any atom is 0.221 e. The molecule has 24 heavy (non-hydrogen) atoms. The molecular formula is C17H22N2O3S2. The van der Waals surface area contributed by atoms with Crippen LogP contribution in [-0.2, 0) is 21.1 Å². The van der Waals surface area contributed by atoms with Crippen molar-refractivity contribution < 1.29 is 13.2 Å². The molecule has 0 saturated carbocycles. The van der Waals surface area contributed by atoms with Gasteiger partial charge in [-0.05, 0) is 12.1 Å². The minimum atomic E-state index is -3.41. The number of nitrogens with one attached hydrogen (secondary N) is 1. The minimum absolute atomic E-state index is 0.0362. The van der Waals surface area contributed by atoms with E-state index < -0.39 is 9.84 Å². The molecule has 0 aliphatic heterocycles. The summed E-state index contributed by atoms with van der Waals surface area (Å²) in [4.78, 5) is 16.6. The van der Waals surface area contributed by atoms with E-state index in [1.54, 1.807) is 41.7 Å². The second kappa shape index (κ2) is 8.39. The molecule has 7 heteroatoms. The Morgan fingerprint density at radius 2 is 1.96 bits per heavy atom. The van der Waals surface area contributed by atoms with Crippen LogP contribution in [0.1, 0.15) is 36.9 Å². The Hall–Kier alpha value is -1.73. The number of hydrogen-bond donors (Lipinski definition) is 1. The summed E-state index contributed by atoms with van der Waals surface area (Å²) in [7, 11) is -3.41. The van der Waals surface area contributed by atoms with Crippen molar-refractivity contribution in [3.8, 4) is 0 Å². The monoisotopic (exact) mass is 366 g/mol. The van der Waals surface area contributed by atoms with E-state index in [1.165, 1.54) is 0 Å². The van der Waals surface area contributed by atoms with E-state index in [0.717, 1.165) is 10.7 Å². The fourth-order valence-electron chi connectivity index (χ4n) is 2.09. The van der Waals surface area contributed by atoms with Crippen molar-refractivity contribution in [3.05, 3.63) is 46.4 Å². The second-order valence-corrected chi connectivity index (χ2v) is 8.81. The molecule has 0 fully saturated rings. The summed E-state index contributed by atoms with van der Waals surface area (Å²) < 4.78 is 24.2. The van der Waals surface area contributed by atoms with Gasteiger partial charge in [0.2, 0.25) is 5.91 Å². The van der Waals surface area contributed by atoms with E-state index in [0.29, 0.717) is 18.9 Å². The highest BCUT2D eigenvalue weighted by molar-refractivity contribution is 7.91. The van der Waals surface area contributed by atoms with E-state index in [9.17, 15) is 13.2 Å². The molecule has 0 aliphatic carbocycles. The fourth-order valence-corrected chi connectivity index (χ4v) is 4.22. The molecule has 0 unspecified atom stereocenters. The lowest BCUT2D eigenvalue weighted by Gasteiger charge is -2.06. The Bertz CT molecular complexity index is 768. The van der Waals surface area contributed by atoms with Gasteiger partial charge in [0.15, 0.2) is 9.84 Å². The van der Waals surface area contributed by atoms with E-state index in [4.69, 9.17) is 0 Å². The first kappa shape index (κ1) is 18.6. The third-order valence-corrected chi connectivity index (χ3v) is 6.39. The van der Waals surface area contributed by atoms with Crippen molar-refractivity contribution in [1.29, 1.82) is 0 Å². The quantitative estimate of drug-likeness (QED) is 0.779. The SMILES string of the molecule is CC(C)c1nc(CCNC(=O)CCS(=O)(=O)c2ccccc2)cs1. The summed E-state index contributed by atoms with van der Waals surface area (Å²) in [6.07, 6.45) is 0.617. The molecule has 5 nitrogen and oxygen atoms in total. The highest BCUT2D eigenvalue weighted by atomic mass is 32.2. The molecule has 1 heterocycles. The fraction of sp³-hybridized carbons (Fsp3) is 0.412. The van der Waals surface area contributed by atoms with Crippen LogP contribution in [0, 0.1) is 0 Å². The van der Waals surface area contributed by atoms with Crippen LogP contribution in [0.4, 0.5) is 0 Å². The van der Waals surface area contributed by atoms with Crippen LogP contribution in [0.2, 0.25) is 0 Å². The van der Waals surface area contributed by atoms with Gasteiger partial charge in [-0.25, -0.2) is 13.4 Å². The summed E-state index contributed by atoms with van der Waals surface area (Å²) in [5, 5.41) is 5.84. The van der Waals surface area contributed by atoms with Gasteiger partial charge in [0.05, 0.1) is 21.3 Å². The van der Waals surface area contributed by atoms with Crippen molar-refractivity contribution in [3.63, 3.8) is 0 Å².